The second-order valence-corrected chi connectivity index (χ2v) is 4.47. The van der Waals surface area contributed by atoms with E-state index in [1.165, 1.54) is 0 Å². The number of piperazine rings is 1. The third-order valence-corrected chi connectivity index (χ3v) is 3.10. The molecule has 2 heterocycles. The molecule has 1 aliphatic rings. The lowest BCUT2D eigenvalue weighted by molar-refractivity contribution is -0.122. The van der Waals surface area contributed by atoms with Gasteiger partial charge in [0.25, 0.3) is 0 Å². The number of amides is 1. The van der Waals surface area contributed by atoms with Crippen molar-refractivity contribution in [3.63, 3.8) is 0 Å². The van der Waals surface area contributed by atoms with Gasteiger partial charge in [-0.3, -0.25) is 9.69 Å². The number of hydrogen-bond donors (Lipinski definition) is 2. The van der Waals surface area contributed by atoms with Crippen LogP contribution in [-0.2, 0) is 11.3 Å². The van der Waals surface area contributed by atoms with Crippen LogP contribution in [0.4, 0.5) is 0 Å². The van der Waals surface area contributed by atoms with Crippen LogP contribution < -0.4 is 15.4 Å². The summed E-state index contributed by atoms with van der Waals surface area (Å²) in [5, 5.41) is 6.16. The zero-order valence-electron chi connectivity index (χ0n) is 11.2. The number of nitrogens with one attached hydrogen (secondary N) is 2. The fraction of sp³-hybridized carbons (Fsp3) is 0.538. The fourth-order valence-corrected chi connectivity index (χ4v) is 2.06. The van der Waals surface area contributed by atoms with Crippen molar-refractivity contribution in [2.24, 2.45) is 0 Å². The summed E-state index contributed by atoms with van der Waals surface area (Å²) in [6, 6.07) is 3.73. The van der Waals surface area contributed by atoms with E-state index in [4.69, 9.17) is 4.74 Å². The van der Waals surface area contributed by atoms with Crippen LogP contribution in [0, 0.1) is 0 Å². The average molecular weight is 264 g/mol. The molecule has 1 aliphatic heterocycles. The molecule has 1 fully saturated rings. The molecule has 2 rings (SSSR count). The van der Waals surface area contributed by atoms with E-state index in [0.29, 0.717) is 19.0 Å². The Morgan fingerprint density at radius 3 is 3.05 bits per heavy atom. The van der Waals surface area contributed by atoms with E-state index in [1.807, 2.05) is 12.1 Å². The Balaban J connectivity index is 1.79. The molecule has 104 valence electrons. The van der Waals surface area contributed by atoms with Crippen molar-refractivity contribution in [3.05, 3.63) is 23.9 Å². The topological polar surface area (TPSA) is 66.5 Å². The molecule has 0 aromatic carbocycles. The minimum atomic E-state index is 0.0350. The van der Waals surface area contributed by atoms with Crippen LogP contribution in [0.2, 0.25) is 0 Å². The molecule has 19 heavy (non-hydrogen) atoms. The minimum absolute atomic E-state index is 0.0350. The monoisotopic (exact) mass is 264 g/mol. The number of ether oxygens (including phenoxy) is 1. The zero-order valence-corrected chi connectivity index (χ0v) is 11.2. The highest BCUT2D eigenvalue weighted by molar-refractivity contribution is 5.78. The fourth-order valence-electron chi connectivity index (χ4n) is 2.06. The molecule has 6 nitrogen and oxygen atoms in total. The predicted molar refractivity (Wildman–Crippen MR) is 71.9 cm³/mol. The Morgan fingerprint density at radius 2 is 2.32 bits per heavy atom. The largest absolute Gasteiger partial charge is 0.481 e. The van der Waals surface area contributed by atoms with Gasteiger partial charge in [-0.1, -0.05) is 6.07 Å². The van der Waals surface area contributed by atoms with Crippen LogP contribution in [0.3, 0.4) is 0 Å². The quantitative estimate of drug-likeness (QED) is 0.758. The Labute approximate surface area is 113 Å². The van der Waals surface area contributed by atoms with Crippen LogP contribution in [-0.4, -0.2) is 55.6 Å². The summed E-state index contributed by atoms with van der Waals surface area (Å²) >= 11 is 0. The smallest absolute Gasteiger partial charge is 0.234 e. The van der Waals surface area contributed by atoms with Gasteiger partial charge in [0.05, 0.1) is 13.7 Å². The highest BCUT2D eigenvalue weighted by Gasteiger charge is 2.13. The van der Waals surface area contributed by atoms with Gasteiger partial charge >= 0.3 is 0 Å². The van der Waals surface area contributed by atoms with Gasteiger partial charge in [-0.05, 0) is 6.07 Å². The van der Waals surface area contributed by atoms with Gasteiger partial charge in [0.2, 0.25) is 11.8 Å². The van der Waals surface area contributed by atoms with Gasteiger partial charge in [-0.25, -0.2) is 4.98 Å². The summed E-state index contributed by atoms with van der Waals surface area (Å²) in [6.45, 7) is 4.63. The molecule has 1 saturated heterocycles. The second-order valence-electron chi connectivity index (χ2n) is 4.47. The number of carbonyl (C=O) groups excluding carboxylic acids is 1. The van der Waals surface area contributed by atoms with Crippen molar-refractivity contribution in [1.29, 1.82) is 0 Å². The van der Waals surface area contributed by atoms with E-state index in [-0.39, 0.29) is 5.91 Å². The molecule has 0 unspecified atom stereocenters. The molecule has 0 bridgehead atoms. The van der Waals surface area contributed by atoms with Gasteiger partial charge in [-0.15, -0.1) is 0 Å². The Kier molecular flexibility index (Phi) is 5.11. The maximum absolute atomic E-state index is 11.8. The number of carbonyl (C=O) groups is 1. The van der Waals surface area contributed by atoms with Crippen LogP contribution in [0.15, 0.2) is 18.3 Å². The normalized spacial score (nSPS) is 16.1. The first-order chi connectivity index (χ1) is 9.29. The maximum atomic E-state index is 11.8. The molecule has 6 heteroatoms. The van der Waals surface area contributed by atoms with E-state index in [9.17, 15) is 4.79 Å². The molecule has 1 amide bonds. The Morgan fingerprint density at radius 1 is 1.53 bits per heavy atom. The highest BCUT2D eigenvalue weighted by Crippen LogP contribution is 2.12. The van der Waals surface area contributed by atoms with E-state index in [2.05, 4.69) is 20.5 Å². The van der Waals surface area contributed by atoms with Crippen LogP contribution in [0.5, 0.6) is 5.88 Å². The van der Waals surface area contributed by atoms with Gasteiger partial charge < -0.3 is 15.4 Å². The van der Waals surface area contributed by atoms with E-state index in [0.717, 1.165) is 31.7 Å². The molecule has 0 spiro atoms. The SMILES string of the molecule is COc1ncccc1CNC(=O)CN1CCNCC1. The summed E-state index contributed by atoms with van der Waals surface area (Å²) in [5.41, 5.74) is 0.888. The van der Waals surface area contributed by atoms with Crippen molar-refractivity contribution in [2.45, 2.75) is 6.54 Å². The van der Waals surface area contributed by atoms with Crippen LogP contribution in [0.1, 0.15) is 5.56 Å². The lowest BCUT2D eigenvalue weighted by atomic mass is 10.2. The molecule has 0 aliphatic carbocycles. The first-order valence-electron chi connectivity index (χ1n) is 6.47. The van der Waals surface area contributed by atoms with Gasteiger partial charge in [0.15, 0.2) is 0 Å². The van der Waals surface area contributed by atoms with E-state index in [1.54, 1.807) is 13.3 Å². The zero-order chi connectivity index (χ0) is 13.5. The summed E-state index contributed by atoms with van der Waals surface area (Å²) in [7, 11) is 1.58. The third-order valence-electron chi connectivity index (χ3n) is 3.10. The third kappa shape index (κ3) is 4.18. The summed E-state index contributed by atoms with van der Waals surface area (Å²) in [5.74, 6) is 0.595. The first kappa shape index (κ1) is 13.8. The van der Waals surface area contributed by atoms with Gasteiger partial charge in [-0.2, -0.15) is 0 Å². The van der Waals surface area contributed by atoms with E-state index >= 15 is 0 Å². The maximum Gasteiger partial charge on any atom is 0.234 e. The van der Waals surface area contributed by atoms with Crippen molar-refractivity contribution in [1.82, 2.24) is 20.5 Å². The number of rotatable bonds is 5. The van der Waals surface area contributed by atoms with Gasteiger partial charge in [0, 0.05) is 44.5 Å². The lowest BCUT2D eigenvalue weighted by Gasteiger charge is -2.26. The van der Waals surface area contributed by atoms with Crippen molar-refractivity contribution >= 4 is 5.91 Å². The Hall–Kier alpha value is -1.66. The molecule has 0 radical (unpaired) electrons. The van der Waals surface area contributed by atoms with Crippen molar-refractivity contribution in [2.75, 3.05) is 39.8 Å². The molecule has 1 aromatic rings. The van der Waals surface area contributed by atoms with Crippen molar-refractivity contribution in [3.8, 4) is 5.88 Å². The van der Waals surface area contributed by atoms with Gasteiger partial charge in [0.1, 0.15) is 0 Å². The molecule has 2 N–H and O–H groups in total. The highest BCUT2D eigenvalue weighted by atomic mass is 16.5. The molecular formula is C13H20N4O2. The number of hydrogen-bond acceptors (Lipinski definition) is 5. The number of aromatic nitrogens is 1. The number of nitrogens with zero attached hydrogens (tertiary/aromatic N) is 2. The summed E-state index contributed by atoms with van der Waals surface area (Å²) in [4.78, 5) is 18.1. The average Bonchev–Trinajstić information content (AvgIpc) is 2.46. The number of pyridine rings is 1. The first-order valence-corrected chi connectivity index (χ1v) is 6.47. The van der Waals surface area contributed by atoms with Crippen molar-refractivity contribution < 1.29 is 9.53 Å². The summed E-state index contributed by atoms with van der Waals surface area (Å²) in [6.07, 6.45) is 1.67. The predicted octanol–water partition coefficient (Wildman–Crippen LogP) is -0.388. The van der Waals surface area contributed by atoms with E-state index < -0.39 is 0 Å². The molecular weight excluding hydrogens is 244 g/mol. The minimum Gasteiger partial charge on any atom is -0.481 e. The number of methoxy groups -OCH3 is 1. The Bertz CT molecular complexity index is 419. The van der Waals surface area contributed by atoms with Crippen LogP contribution in [0.25, 0.3) is 0 Å². The summed E-state index contributed by atoms with van der Waals surface area (Å²) < 4.78 is 5.15. The molecule has 0 saturated carbocycles. The second kappa shape index (κ2) is 7.06. The lowest BCUT2D eigenvalue weighted by Crippen LogP contribution is -2.47. The standard InChI is InChI=1S/C13H20N4O2/c1-19-13-11(3-2-4-15-13)9-16-12(18)10-17-7-5-14-6-8-17/h2-4,14H,5-10H2,1H3,(H,16,18). The van der Waals surface area contributed by atoms with Crippen LogP contribution >= 0.6 is 0 Å². The molecule has 0 atom stereocenters. The molecule has 1 aromatic heterocycles.